The SMILES string of the molecule is CCNC(C)c1cc(Cl)ccc1-n1[nH]c2cc(OC)ccc2c1=O. The summed E-state index contributed by atoms with van der Waals surface area (Å²) in [5.41, 5.74) is 2.38. The lowest BCUT2D eigenvalue weighted by atomic mass is 10.1. The van der Waals surface area contributed by atoms with Crippen LogP contribution >= 0.6 is 11.6 Å². The predicted octanol–water partition coefficient (Wildman–Crippen LogP) is 3.65. The van der Waals surface area contributed by atoms with Gasteiger partial charge in [-0.15, -0.1) is 0 Å². The van der Waals surface area contributed by atoms with Crippen molar-refractivity contribution in [3.63, 3.8) is 0 Å². The van der Waals surface area contributed by atoms with E-state index in [0.717, 1.165) is 23.3 Å². The zero-order valence-corrected chi connectivity index (χ0v) is 14.6. The number of rotatable bonds is 5. The fourth-order valence-corrected chi connectivity index (χ4v) is 3.06. The first-order chi connectivity index (χ1) is 11.5. The van der Waals surface area contributed by atoms with E-state index in [1.807, 2.05) is 25.1 Å². The van der Waals surface area contributed by atoms with Crippen LogP contribution < -0.4 is 15.6 Å². The van der Waals surface area contributed by atoms with E-state index in [0.29, 0.717) is 16.2 Å². The van der Waals surface area contributed by atoms with Crippen molar-refractivity contribution in [3.8, 4) is 11.4 Å². The second-order valence-electron chi connectivity index (χ2n) is 5.65. The predicted molar refractivity (Wildman–Crippen MR) is 97.5 cm³/mol. The summed E-state index contributed by atoms with van der Waals surface area (Å²) in [6.45, 7) is 4.92. The number of nitrogens with zero attached hydrogens (tertiary/aromatic N) is 1. The Bertz CT molecular complexity index is 930. The van der Waals surface area contributed by atoms with Crippen molar-refractivity contribution in [2.75, 3.05) is 13.7 Å². The summed E-state index contributed by atoms with van der Waals surface area (Å²) in [5, 5.41) is 7.79. The molecule has 1 unspecified atom stereocenters. The molecule has 1 aromatic heterocycles. The number of hydrogen-bond acceptors (Lipinski definition) is 3. The third-order valence-electron chi connectivity index (χ3n) is 4.10. The molecule has 0 aliphatic rings. The molecule has 1 atom stereocenters. The van der Waals surface area contributed by atoms with E-state index in [4.69, 9.17) is 16.3 Å². The number of nitrogens with one attached hydrogen (secondary N) is 2. The van der Waals surface area contributed by atoms with E-state index >= 15 is 0 Å². The minimum absolute atomic E-state index is 0.0662. The molecule has 0 spiro atoms. The van der Waals surface area contributed by atoms with E-state index < -0.39 is 0 Å². The average molecular weight is 346 g/mol. The molecule has 0 saturated carbocycles. The maximum Gasteiger partial charge on any atom is 0.279 e. The number of ether oxygens (including phenoxy) is 1. The van der Waals surface area contributed by atoms with Crippen LogP contribution in [0, 0.1) is 0 Å². The van der Waals surface area contributed by atoms with Crippen LogP contribution in [-0.4, -0.2) is 23.4 Å². The topological polar surface area (TPSA) is 59.1 Å². The smallest absolute Gasteiger partial charge is 0.279 e. The molecule has 0 amide bonds. The van der Waals surface area contributed by atoms with Gasteiger partial charge >= 0.3 is 0 Å². The van der Waals surface area contributed by atoms with E-state index in [1.54, 1.807) is 30.0 Å². The lowest BCUT2D eigenvalue weighted by Gasteiger charge is -2.17. The second kappa shape index (κ2) is 6.71. The van der Waals surface area contributed by atoms with Crippen molar-refractivity contribution >= 4 is 22.5 Å². The zero-order chi connectivity index (χ0) is 17.3. The van der Waals surface area contributed by atoms with Gasteiger partial charge in [0.2, 0.25) is 0 Å². The molecular weight excluding hydrogens is 326 g/mol. The van der Waals surface area contributed by atoms with E-state index in [9.17, 15) is 4.79 Å². The van der Waals surface area contributed by atoms with Crippen molar-refractivity contribution in [2.45, 2.75) is 19.9 Å². The van der Waals surface area contributed by atoms with Crippen LogP contribution in [0.4, 0.5) is 0 Å². The maximum atomic E-state index is 12.8. The highest BCUT2D eigenvalue weighted by molar-refractivity contribution is 6.30. The number of hydrogen-bond donors (Lipinski definition) is 2. The Kier molecular flexibility index (Phi) is 4.64. The summed E-state index contributed by atoms with van der Waals surface area (Å²) < 4.78 is 6.79. The second-order valence-corrected chi connectivity index (χ2v) is 6.08. The fourth-order valence-electron chi connectivity index (χ4n) is 2.88. The molecule has 24 heavy (non-hydrogen) atoms. The van der Waals surface area contributed by atoms with Crippen LogP contribution in [0.15, 0.2) is 41.2 Å². The van der Waals surface area contributed by atoms with E-state index in [1.165, 1.54) is 0 Å². The van der Waals surface area contributed by atoms with Crippen LogP contribution in [0.3, 0.4) is 0 Å². The Balaban J connectivity index is 2.20. The molecule has 1 heterocycles. The van der Waals surface area contributed by atoms with Crippen molar-refractivity contribution in [2.24, 2.45) is 0 Å². The molecule has 0 fully saturated rings. The van der Waals surface area contributed by atoms with Gasteiger partial charge in [0.1, 0.15) is 5.75 Å². The molecule has 0 radical (unpaired) electrons. The van der Waals surface area contributed by atoms with Gasteiger partial charge in [-0.1, -0.05) is 18.5 Å². The molecule has 0 saturated heterocycles. The molecule has 5 nitrogen and oxygen atoms in total. The van der Waals surface area contributed by atoms with Crippen LogP contribution in [-0.2, 0) is 0 Å². The van der Waals surface area contributed by atoms with Gasteiger partial charge in [-0.3, -0.25) is 9.89 Å². The number of methoxy groups -OCH3 is 1. The van der Waals surface area contributed by atoms with Crippen molar-refractivity contribution in [1.29, 1.82) is 0 Å². The number of benzene rings is 2. The molecule has 3 rings (SSSR count). The highest BCUT2D eigenvalue weighted by atomic mass is 35.5. The molecule has 3 aromatic rings. The van der Waals surface area contributed by atoms with Crippen LogP contribution in [0.5, 0.6) is 5.75 Å². The van der Waals surface area contributed by atoms with Gasteiger partial charge in [0.05, 0.1) is 23.7 Å². The molecule has 0 aliphatic heterocycles. The summed E-state index contributed by atoms with van der Waals surface area (Å²) in [6, 6.07) is 11.0. The maximum absolute atomic E-state index is 12.8. The summed E-state index contributed by atoms with van der Waals surface area (Å²) in [5.74, 6) is 0.702. The van der Waals surface area contributed by atoms with E-state index in [2.05, 4.69) is 17.3 Å². The normalized spacial score (nSPS) is 12.5. The first-order valence-corrected chi connectivity index (χ1v) is 8.25. The van der Waals surface area contributed by atoms with Gasteiger partial charge in [0.25, 0.3) is 5.56 Å². The molecule has 2 aromatic carbocycles. The standard InChI is InChI=1S/C18H20ClN3O2/c1-4-20-11(2)15-9-12(19)5-8-17(15)22-18(23)14-7-6-13(24-3)10-16(14)21-22/h5-11,20-21H,4H2,1-3H3. The largest absolute Gasteiger partial charge is 0.497 e. The van der Waals surface area contributed by atoms with Crippen LogP contribution in [0.1, 0.15) is 25.5 Å². The average Bonchev–Trinajstić information content (AvgIpc) is 2.91. The van der Waals surface area contributed by atoms with Crippen molar-refractivity contribution in [3.05, 3.63) is 57.3 Å². The molecule has 126 valence electrons. The summed E-state index contributed by atoms with van der Waals surface area (Å²) in [7, 11) is 1.60. The minimum atomic E-state index is -0.0973. The summed E-state index contributed by atoms with van der Waals surface area (Å²) >= 11 is 6.16. The molecule has 6 heteroatoms. The lowest BCUT2D eigenvalue weighted by Crippen LogP contribution is -2.22. The van der Waals surface area contributed by atoms with Crippen molar-refractivity contribution < 1.29 is 4.74 Å². The Morgan fingerprint density at radius 3 is 2.79 bits per heavy atom. The van der Waals surface area contributed by atoms with Crippen LogP contribution in [0.25, 0.3) is 16.6 Å². The number of aromatic amines is 1. The van der Waals surface area contributed by atoms with Gasteiger partial charge in [-0.2, -0.15) is 0 Å². The van der Waals surface area contributed by atoms with Crippen LogP contribution in [0.2, 0.25) is 5.02 Å². The summed E-state index contributed by atoms with van der Waals surface area (Å²) in [6.07, 6.45) is 0. The Hall–Kier alpha value is -2.24. The van der Waals surface area contributed by atoms with Gasteiger partial charge in [-0.05, 0) is 49.4 Å². The Labute approximate surface area is 145 Å². The number of fused-ring (bicyclic) bond motifs is 1. The first kappa shape index (κ1) is 16.6. The zero-order valence-electron chi connectivity index (χ0n) is 13.9. The van der Waals surface area contributed by atoms with Gasteiger partial charge < -0.3 is 10.1 Å². The third-order valence-corrected chi connectivity index (χ3v) is 4.33. The Morgan fingerprint density at radius 2 is 2.08 bits per heavy atom. The molecule has 0 aliphatic carbocycles. The highest BCUT2D eigenvalue weighted by Gasteiger charge is 2.16. The molecule has 2 N–H and O–H groups in total. The highest BCUT2D eigenvalue weighted by Crippen LogP contribution is 2.26. The first-order valence-electron chi connectivity index (χ1n) is 7.87. The monoisotopic (exact) mass is 345 g/mol. The minimum Gasteiger partial charge on any atom is -0.497 e. The van der Waals surface area contributed by atoms with Gasteiger partial charge in [0, 0.05) is 17.1 Å². The number of aromatic nitrogens is 2. The van der Waals surface area contributed by atoms with Gasteiger partial charge in [0.15, 0.2) is 0 Å². The molecule has 0 bridgehead atoms. The van der Waals surface area contributed by atoms with Crippen molar-refractivity contribution in [1.82, 2.24) is 15.1 Å². The number of halogens is 1. The lowest BCUT2D eigenvalue weighted by molar-refractivity contribution is 0.415. The third kappa shape index (κ3) is 2.92. The summed E-state index contributed by atoms with van der Waals surface area (Å²) in [4.78, 5) is 12.8. The van der Waals surface area contributed by atoms with E-state index in [-0.39, 0.29) is 11.6 Å². The Morgan fingerprint density at radius 1 is 1.29 bits per heavy atom. The fraction of sp³-hybridized carbons (Fsp3) is 0.278. The molecular formula is C18H20ClN3O2. The quantitative estimate of drug-likeness (QED) is 0.742. The van der Waals surface area contributed by atoms with Gasteiger partial charge in [-0.25, -0.2) is 4.68 Å². The number of H-pyrrole nitrogens is 1.